The van der Waals surface area contributed by atoms with Gasteiger partial charge in [-0.1, -0.05) is 29.8 Å². The number of carbonyl (C=O) groups excluding carboxylic acids is 2. The molecule has 1 fully saturated rings. The van der Waals surface area contributed by atoms with Gasteiger partial charge in [-0.3, -0.25) is 20.9 Å². The number of amides is 2. The summed E-state index contributed by atoms with van der Waals surface area (Å²) in [4.78, 5) is 28.8. The molecule has 2 amide bonds. The van der Waals surface area contributed by atoms with Gasteiger partial charge < -0.3 is 20.6 Å². The van der Waals surface area contributed by atoms with Crippen molar-refractivity contribution in [1.82, 2.24) is 16.2 Å². The second-order valence-corrected chi connectivity index (χ2v) is 11.3. The molecule has 0 aliphatic carbocycles. The lowest BCUT2D eigenvalue weighted by molar-refractivity contribution is -0.137. The number of benzene rings is 3. The maximum absolute atomic E-state index is 13.4. The molecule has 1 unspecified atom stereocenters. The van der Waals surface area contributed by atoms with Crippen LogP contribution in [0.5, 0.6) is 0 Å². The molecular formula is C32H37ClF3N7O3. The van der Waals surface area contributed by atoms with Gasteiger partial charge in [0.2, 0.25) is 0 Å². The molecule has 1 atom stereocenters. The van der Waals surface area contributed by atoms with Gasteiger partial charge in [0.25, 0.3) is 11.8 Å². The van der Waals surface area contributed by atoms with Crippen molar-refractivity contribution < 1.29 is 27.9 Å². The van der Waals surface area contributed by atoms with Crippen molar-refractivity contribution in [2.24, 2.45) is 10.9 Å². The van der Waals surface area contributed by atoms with Crippen LogP contribution in [-0.2, 0) is 12.7 Å². The second-order valence-electron chi connectivity index (χ2n) is 10.9. The molecular weight excluding hydrogens is 623 g/mol. The van der Waals surface area contributed by atoms with Crippen LogP contribution in [0, 0.1) is 0 Å². The molecule has 46 heavy (non-hydrogen) atoms. The third-order valence-electron chi connectivity index (χ3n) is 7.52. The monoisotopic (exact) mass is 659 g/mol. The lowest BCUT2D eigenvalue weighted by Gasteiger charge is -2.29. The highest BCUT2D eigenvalue weighted by Gasteiger charge is 2.33. The molecule has 0 radical (unpaired) electrons. The van der Waals surface area contributed by atoms with Crippen LogP contribution < -0.4 is 32.2 Å². The molecule has 7 N–H and O–H groups in total. The average Bonchev–Trinajstić information content (AvgIpc) is 3.05. The Morgan fingerprint density at radius 1 is 1.04 bits per heavy atom. The third-order valence-corrected chi connectivity index (χ3v) is 7.84. The van der Waals surface area contributed by atoms with Crippen LogP contribution in [-0.4, -0.2) is 55.4 Å². The number of halogens is 4. The van der Waals surface area contributed by atoms with Gasteiger partial charge in [-0.2, -0.15) is 18.3 Å². The van der Waals surface area contributed by atoms with Crippen molar-refractivity contribution in [3.05, 3.63) is 93.5 Å². The van der Waals surface area contributed by atoms with Gasteiger partial charge in [0.15, 0.2) is 0 Å². The highest BCUT2D eigenvalue weighted by atomic mass is 35.5. The first-order valence-electron chi connectivity index (χ1n) is 14.9. The number of nitrogens with one attached hydrogen (secondary N) is 4. The zero-order chi connectivity index (χ0) is 33.1. The Balaban J connectivity index is 1.51. The first-order chi connectivity index (χ1) is 22.1. The molecule has 10 nitrogen and oxygen atoms in total. The normalized spacial score (nSPS) is 14.3. The first-order valence-corrected chi connectivity index (χ1v) is 15.2. The molecule has 1 aliphatic rings. The number of anilines is 2. The smallest absolute Gasteiger partial charge is 0.396 e. The number of aliphatic hydroxyl groups is 1. The van der Waals surface area contributed by atoms with Crippen LogP contribution in [0.2, 0.25) is 5.02 Å². The Bertz CT molecular complexity index is 1530. The average molecular weight is 660 g/mol. The summed E-state index contributed by atoms with van der Waals surface area (Å²) < 4.78 is 39.8. The number of hydrazine groups is 1. The van der Waals surface area contributed by atoms with Crippen molar-refractivity contribution in [1.29, 1.82) is 0 Å². The molecule has 1 heterocycles. The number of piperidine rings is 1. The minimum absolute atomic E-state index is 0.00270. The van der Waals surface area contributed by atoms with Crippen LogP contribution in [0.4, 0.5) is 24.5 Å². The zero-order valence-corrected chi connectivity index (χ0v) is 25.8. The number of hydrazone groups is 1. The highest BCUT2D eigenvalue weighted by molar-refractivity contribution is 6.31. The van der Waals surface area contributed by atoms with E-state index in [0.29, 0.717) is 25.1 Å². The third kappa shape index (κ3) is 9.74. The Hall–Kier alpha value is -4.01. The number of nitrogens with zero attached hydrogens (tertiary/aromatic N) is 2. The number of hydrogen-bond acceptors (Lipinski definition) is 8. The predicted molar refractivity (Wildman–Crippen MR) is 173 cm³/mol. The summed E-state index contributed by atoms with van der Waals surface area (Å²) >= 11 is 5.70. The van der Waals surface area contributed by atoms with E-state index in [-0.39, 0.29) is 29.5 Å². The minimum Gasteiger partial charge on any atom is -0.396 e. The van der Waals surface area contributed by atoms with Gasteiger partial charge in [-0.25, -0.2) is 5.43 Å². The number of alkyl halides is 3. The molecule has 3 aromatic rings. The lowest BCUT2D eigenvalue weighted by atomic mass is 10.1. The number of hydrogen-bond donors (Lipinski definition) is 6. The highest BCUT2D eigenvalue weighted by Crippen LogP contribution is 2.35. The van der Waals surface area contributed by atoms with Gasteiger partial charge in [0.05, 0.1) is 28.1 Å². The van der Waals surface area contributed by atoms with E-state index in [4.69, 9.17) is 22.6 Å². The molecule has 0 aromatic heterocycles. The van der Waals surface area contributed by atoms with Crippen molar-refractivity contribution in [3.63, 3.8) is 0 Å². The topological polar surface area (TPSA) is 144 Å². The molecule has 4 rings (SSSR count). The second kappa shape index (κ2) is 16.5. The predicted octanol–water partition coefficient (Wildman–Crippen LogP) is 4.67. The Kier molecular flexibility index (Phi) is 12.5. The zero-order valence-electron chi connectivity index (χ0n) is 25.0. The molecule has 1 saturated heterocycles. The molecule has 246 valence electrons. The summed E-state index contributed by atoms with van der Waals surface area (Å²) in [5.74, 6) is 4.41. The number of rotatable bonds is 13. The largest absolute Gasteiger partial charge is 0.417 e. The summed E-state index contributed by atoms with van der Waals surface area (Å²) in [5, 5.41) is 18.6. The standard InChI is InChI=1S/C32H37ClF3N7O3/c33-28-9-7-22(16-27(28)32(34,35)36)19-39-42-31(46)26-17-25(43-12-2-1-3-13-43)8-10-29(26)40-30(45)23-6-4-5-21(15-23)18-38-20-24(41-37)11-14-44/h4-10,15-17,19,24,38,41,44H,1-3,11-14,18,20,37H2,(H,40,45)(H,42,46). The van der Waals surface area contributed by atoms with Crippen molar-refractivity contribution in [2.75, 3.05) is 36.5 Å². The number of aliphatic hydroxyl groups excluding tert-OH is 1. The maximum atomic E-state index is 13.4. The Morgan fingerprint density at radius 3 is 2.54 bits per heavy atom. The summed E-state index contributed by atoms with van der Waals surface area (Å²) in [7, 11) is 0. The van der Waals surface area contributed by atoms with E-state index in [0.717, 1.165) is 62.0 Å². The Labute approximate surface area is 270 Å². The van der Waals surface area contributed by atoms with E-state index >= 15 is 0 Å². The summed E-state index contributed by atoms with van der Waals surface area (Å²) in [6, 6.07) is 15.4. The number of carbonyl (C=O) groups is 2. The fourth-order valence-corrected chi connectivity index (χ4v) is 5.28. The van der Waals surface area contributed by atoms with Gasteiger partial charge in [-0.15, -0.1) is 0 Å². The maximum Gasteiger partial charge on any atom is 0.417 e. The van der Waals surface area contributed by atoms with Crippen molar-refractivity contribution in [2.45, 2.75) is 44.4 Å². The van der Waals surface area contributed by atoms with Crippen LogP contribution in [0.15, 0.2) is 65.8 Å². The minimum atomic E-state index is -4.65. The first kappa shape index (κ1) is 34.9. The molecule has 0 spiro atoms. The van der Waals surface area contributed by atoms with E-state index in [1.54, 1.807) is 30.3 Å². The molecule has 0 bridgehead atoms. The van der Waals surface area contributed by atoms with Crippen molar-refractivity contribution in [3.8, 4) is 0 Å². The van der Waals surface area contributed by atoms with Crippen LogP contribution in [0.1, 0.15) is 63.1 Å². The van der Waals surface area contributed by atoms with Crippen LogP contribution >= 0.6 is 11.6 Å². The van der Waals surface area contributed by atoms with E-state index in [1.165, 1.54) is 6.07 Å². The van der Waals surface area contributed by atoms with E-state index < -0.39 is 28.6 Å². The molecule has 14 heteroatoms. The van der Waals surface area contributed by atoms with Gasteiger partial charge >= 0.3 is 6.18 Å². The fraction of sp³-hybridized carbons (Fsp3) is 0.344. The molecule has 1 aliphatic heterocycles. The van der Waals surface area contributed by atoms with E-state index in [9.17, 15) is 22.8 Å². The van der Waals surface area contributed by atoms with E-state index in [2.05, 4.69) is 31.5 Å². The van der Waals surface area contributed by atoms with Gasteiger partial charge in [0, 0.05) is 50.1 Å². The van der Waals surface area contributed by atoms with Gasteiger partial charge in [0.1, 0.15) is 0 Å². The lowest BCUT2D eigenvalue weighted by Crippen LogP contribution is -2.43. The Morgan fingerprint density at radius 2 is 1.83 bits per heavy atom. The summed E-state index contributed by atoms with van der Waals surface area (Å²) in [5.41, 5.74) is 6.49. The summed E-state index contributed by atoms with van der Waals surface area (Å²) in [6.45, 7) is 2.62. The molecule has 0 saturated carbocycles. The summed E-state index contributed by atoms with van der Waals surface area (Å²) in [6.07, 6.45) is 0.0839. The van der Waals surface area contributed by atoms with Gasteiger partial charge in [-0.05, 0) is 79.3 Å². The van der Waals surface area contributed by atoms with Crippen LogP contribution in [0.25, 0.3) is 0 Å². The SMILES string of the molecule is NNC(CCO)CNCc1cccc(C(=O)Nc2ccc(N3CCCCC3)cc2C(=O)NN=Cc2ccc(Cl)c(C(F)(F)F)c2)c1. The fourth-order valence-electron chi connectivity index (χ4n) is 5.05. The van der Waals surface area contributed by atoms with Crippen molar-refractivity contribution >= 4 is 41.0 Å². The number of nitrogens with two attached hydrogens (primary N) is 1. The van der Waals surface area contributed by atoms with Crippen LogP contribution in [0.3, 0.4) is 0 Å². The van der Waals surface area contributed by atoms with E-state index in [1.807, 2.05) is 12.1 Å². The molecule has 3 aromatic carbocycles. The quantitative estimate of drug-likeness (QED) is 0.0889.